The molecule has 0 radical (unpaired) electrons. The molecule has 0 fully saturated rings. The van der Waals surface area contributed by atoms with Gasteiger partial charge in [0.2, 0.25) is 0 Å². The SMILES string of the molecule is CCCNCC(C)CC(CC)CC. The summed E-state index contributed by atoms with van der Waals surface area (Å²) in [6, 6.07) is 0. The van der Waals surface area contributed by atoms with Gasteiger partial charge in [-0.15, -0.1) is 0 Å². The number of nitrogens with one attached hydrogen (secondary N) is 1. The zero-order valence-electron chi connectivity index (χ0n) is 9.90. The van der Waals surface area contributed by atoms with Gasteiger partial charge >= 0.3 is 0 Å². The maximum atomic E-state index is 3.49. The summed E-state index contributed by atoms with van der Waals surface area (Å²) in [5.41, 5.74) is 0. The maximum absolute atomic E-state index is 3.49. The Labute approximate surface area is 84.3 Å². The Morgan fingerprint density at radius 2 is 1.69 bits per heavy atom. The van der Waals surface area contributed by atoms with Gasteiger partial charge in [-0.25, -0.2) is 0 Å². The van der Waals surface area contributed by atoms with E-state index in [1.165, 1.54) is 38.8 Å². The van der Waals surface area contributed by atoms with Gasteiger partial charge < -0.3 is 5.32 Å². The fourth-order valence-electron chi connectivity index (χ4n) is 1.80. The standard InChI is InChI=1S/C12H27N/c1-5-8-13-10-11(4)9-12(6-2)7-3/h11-13H,5-10H2,1-4H3. The highest BCUT2D eigenvalue weighted by Gasteiger charge is 2.08. The molecule has 80 valence electrons. The monoisotopic (exact) mass is 185 g/mol. The summed E-state index contributed by atoms with van der Waals surface area (Å²) in [5, 5.41) is 3.49. The summed E-state index contributed by atoms with van der Waals surface area (Å²) in [4.78, 5) is 0. The van der Waals surface area contributed by atoms with Crippen molar-refractivity contribution in [2.24, 2.45) is 11.8 Å². The first-order valence-corrected chi connectivity index (χ1v) is 5.95. The third-order valence-corrected chi connectivity index (χ3v) is 2.81. The molecule has 0 aromatic heterocycles. The molecular weight excluding hydrogens is 158 g/mol. The average Bonchev–Trinajstić information content (AvgIpc) is 2.14. The quantitative estimate of drug-likeness (QED) is 0.571. The zero-order chi connectivity index (χ0) is 10.1. The molecule has 0 amide bonds. The van der Waals surface area contributed by atoms with E-state index in [9.17, 15) is 0 Å². The van der Waals surface area contributed by atoms with Crippen molar-refractivity contribution in [3.63, 3.8) is 0 Å². The summed E-state index contributed by atoms with van der Waals surface area (Å²) in [6.07, 6.45) is 5.32. The van der Waals surface area contributed by atoms with Crippen LogP contribution in [0.1, 0.15) is 53.4 Å². The first-order valence-electron chi connectivity index (χ1n) is 5.95. The van der Waals surface area contributed by atoms with E-state index < -0.39 is 0 Å². The van der Waals surface area contributed by atoms with Crippen molar-refractivity contribution >= 4 is 0 Å². The van der Waals surface area contributed by atoms with Crippen LogP contribution in [0.25, 0.3) is 0 Å². The summed E-state index contributed by atoms with van der Waals surface area (Å²) < 4.78 is 0. The van der Waals surface area contributed by atoms with Gasteiger partial charge in [0.1, 0.15) is 0 Å². The van der Waals surface area contributed by atoms with E-state index in [2.05, 4.69) is 33.0 Å². The van der Waals surface area contributed by atoms with Crippen molar-refractivity contribution in [2.45, 2.75) is 53.4 Å². The van der Waals surface area contributed by atoms with E-state index in [1.807, 2.05) is 0 Å². The molecule has 0 spiro atoms. The van der Waals surface area contributed by atoms with Crippen LogP contribution in [0.2, 0.25) is 0 Å². The molecule has 0 aliphatic heterocycles. The van der Waals surface area contributed by atoms with Crippen LogP contribution >= 0.6 is 0 Å². The highest BCUT2D eigenvalue weighted by atomic mass is 14.8. The van der Waals surface area contributed by atoms with Crippen LogP contribution in [0.5, 0.6) is 0 Å². The largest absolute Gasteiger partial charge is 0.316 e. The number of rotatable bonds is 8. The molecule has 0 aliphatic rings. The minimum atomic E-state index is 0.844. The summed E-state index contributed by atoms with van der Waals surface area (Å²) in [7, 11) is 0. The lowest BCUT2D eigenvalue weighted by atomic mass is 9.92. The van der Waals surface area contributed by atoms with Crippen molar-refractivity contribution in [3.8, 4) is 0 Å². The van der Waals surface area contributed by atoms with Crippen molar-refractivity contribution in [3.05, 3.63) is 0 Å². The molecule has 1 atom stereocenters. The van der Waals surface area contributed by atoms with Crippen LogP contribution < -0.4 is 5.32 Å². The summed E-state index contributed by atoms with van der Waals surface area (Å²) >= 11 is 0. The molecule has 0 saturated heterocycles. The maximum Gasteiger partial charge on any atom is -0.00231 e. The predicted octanol–water partition coefficient (Wildman–Crippen LogP) is 3.45. The van der Waals surface area contributed by atoms with Gasteiger partial charge in [-0.05, 0) is 37.8 Å². The van der Waals surface area contributed by atoms with Gasteiger partial charge in [-0.2, -0.15) is 0 Å². The van der Waals surface area contributed by atoms with E-state index in [1.54, 1.807) is 0 Å². The normalized spacial score (nSPS) is 13.6. The van der Waals surface area contributed by atoms with Crippen LogP contribution in [-0.4, -0.2) is 13.1 Å². The molecule has 0 aromatic carbocycles. The van der Waals surface area contributed by atoms with Crippen molar-refractivity contribution in [1.29, 1.82) is 0 Å². The Bertz CT molecular complexity index is 97.3. The molecule has 0 saturated carbocycles. The Morgan fingerprint density at radius 1 is 1.08 bits per heavy atom. The molecule has 1 heteroatoms. The summed E-state index contributed by atoms with van der Waals surface area (Å²) in [5.74, 6) is 1.79. The first-order chi connectivity index (χ1) is 6.24. The molecule has 1 N–H and O–H groups in total. The van der Waals surface area contributed by atoms with Crippen molar-refractivity contribution in [2.75, 3.05) is 13.1 Å². The Kier molecular flexibility index (Phi) is 8.53. The Morgan fingerprint density at radius 3 is 2.15 bits per heavy atom. The van der Waals surface area contributed by atoms with Gasteiger partial charge in [0.25, 0.3) is 0 Å². The Hall–Kier alpha value is -0.0400. The van der Waals surface area contributed by atoms with Gasteiger partial charge in [0.05, 0.1) is 0 Å². The average molecular weight is 185 g/mol. The molecule has 1 nitrogen and oxygen atoms in total. The topological polar surface area (TPSA) is 12.0 Å². The molecule has 0 aliphatic carbocycles. The third kappa shape index (κ3) is 7.06. The van der Waals surface area contributed by atoms with Gasteiger partial charge in [0.15, 0.2) is 0 Å². The van der Waals surface area contributed by atoms with Crippen LogP contribution in [0.15, 0.2) is 0 Å². The van der Waals surface area contributed by atoms with Crippen LogP contribution in [0.4, 0.5) is 0 Å². The Balaban J connectivity index is 3.42. The van der Waals surface area contributed by atoms with Gasteiger partial charge in [-0.1, -0.05) is 40.5 Å². The van der Waals surface area contributed by atoms with E-state index in [0.29, 0.717) is 0 Å². The second-order valence-corrected chi connectivity index (χ2v) is 4.23. The fraction of sp³-hybridized carbons (Fsp3) is 1.00. The van der Waals surface area contributed by atoms with Crippen molar-refractivity contribution in [1.82, 2.24) is 5.32 Å². The van der Waals surface area contributed by atoms with Crippen LogP contribution in [0.3, 0.4) is 0 Å². The van der Waals surface area contributed by atoms with E-state index in [0.717, 1.165) is 11.8 Å². The molecular formula is C12H27N. The lowest BCUT2D eigenvalue weighted by Crippen LogP contribution is -2.23. The first kappa shape index (κ1) is 13.0. The van der Waals surface area contributed by atoms with E-state index >= 15 is 0 Å². The smallest absolute Gasteiger partial charge is 0.00231 e. The minimum Gasteiger partial charge on any atom is -0.316 e. The van der Waals surface area contributed by atoms with Crippen LogP contribution in [0, 0.1) is 11.8 Å². The number of hydrogen-bond acceptors (Lipinski definition) is 1. The lowest BCUT2D eigenvalue weighted by Gasteiger charge is -2.18. The predicted molar refractivity (Wildman–Crippen MR) is 61.0 cm³/mol. The second-order valence-electron chi connectivity index (χ2n) is 4.23. The molecule has 0 heterocycles. The summed E-state index contributed by atoms with van der Waals surface area (Å²) in [6.45, 7) is 11.6. The molecule has 13 heavy (non-hydrogen) atoms. The van der Waals surface area contributed by atoms with Crippen molar-refractivity contribution < 1.29 is 0 Å². The van der Waals surface area contributed by atoms with E-state index in [4.69, 9.17) is 0 Å². The minimum absolute atomic E-state index is 0.844. The molecule has 0 aromatic rings. The highest BCUT2D eigenvalue weighted by molar-refractivity contribution is 4.63. The highest BCUT2D eigenvalue weighted by Crippen LogP contribution is 2.17. The van der Waals surface area contributed by atoms with Gasteiger partial charge in [0, 0.05) is 0 Å². The molecule has 1 unspecified atom stereocenters. The van der Waals surface area contributed by atoms with E-state index in [-0.39, 0.29) is 0 Å². The zero-order valence-corrected chi connectivity index (χ0v) is 9.90. The lowest BCUT2D eigenvalue weighted by molar-refractivity contribution is 0.359. The number of hydrogen-bond donors (Lipinski definition) is 1. The van der Waals surface area contributed by atoms with Crippen LogP contribution in [-0.2, 0) is 0 Å². The van der Waals surface area contributed by atoms with Gasteiger partial charge in [-0.3, -0.25) is 0 Å². The fourth-order valence-corrected chi connectivity index (χ4v) is 1.80. The third-order valence-electron chi connectivity index (χ3n) is 2.81. The molecule has 0 rings (SSSR count). The molecule has 0 bridgehead atoms. The second kappa shape index (κ2) is 8.55.